The summed E-state index contributed by atoms with van der Waals surface area (Å²) in [6.45, 7) is 0. The molecule has 2 rings (SSSR count). The van der Waals surface area contributed by atoms with Crippen LogP contribution in [-0.2, 0) is 15.5 Å². The molecular weight excluding hydrogens is 291 g/mol. The summed E-state index contributed by atoms with van der Waals surface area (Å²) in [5, 5.41) is 0.894. The van der Waals surface area contributed by atoms with Gasteiger partial charge in [-0.3, -0.25) is 0 Å². The molecule has 2 nitrogen and oxygen atoms in total. The molecule has 0 aromatic heterocycles. The molecule has 1 fully saturated rings. The smallest absolute Gasteiger partial charge is 0.212 e. The van der Waals surface area contributed by atoms with E-state index >= 15 is 0 Å². The summed E-state index contributed by atoms with van der Waals surface area (Å²) in [7, 11) is 1.91. The first kappa shape index (κ1) is 12.5. The Kier molecular flexibility index (Phi) is 3.17. The van der Waals surface area contributed by atoms with Gasteiger partial charge in [0.15, 0.2) is 0 Å². The summed E-state index contributed by atoms with van der Waals surface area (Å²) in [5.41, 5.74) is 0.844. The molecule has 16 heavy (non-hydrogen) atoms. The topological polar surface area (TPSA) is 34.1 Å². The standard InChI is InChI=1S/C10H9Cl3O2S/c11-8-2-1-7(5-9(8)12)6-10(3-4-10)16(13,14)15/h1-2,5H,3-4,6H2. The van der Waals surface area contributed by atoms with Gasteiger partial charge in [-0.15, -0.1) is 0 Å². The quantitative estimate of drug-likeness (QED) is 0.799. The lowest BCUT2D eigenvalue weighted by atomic mass is 10.1. The van der Waals surface area contributed by atoms with E-state index in [0.29, 0.717) is 29.3 Å². The fourth-order valence-electron chi connectivity index (χ4n) is 1.67. The maximum Gasteiger partial charge on any atom is 0.238 e. The second-order valence-electron chi connectivity index (χ2n) is 4.05. The van der Waals surface area contributed by atoms with Crippen molar-refractivity contribution in [2.75, 3.05) is 0 Å². The fraction of sp³-hybridized carbons (Fsp3) is 0.400. The number of hydrogen-bond donors (Lipinski definition) is 0. The van der Waals surface area contributed by atoms with Gasteiger partial charge in [0.2, 0.25) is 9.05 Å². The Morgan fingerprint density at radius 2 is 1.81 bits per heavy atom. The third kappa shape index (κ3) is 2.33. The largest absolute Gasteiger partial charge is 0.238 e. The maximum absolute atomic E-state index is 11.4. The van der Waals surface area contributed by atoms with Gasteiger partial charge in [-0.25, -0.2) is 8.42 Å². The Morgan fingerprint density at radius 1 is 1.19 bits per heavy atom. The van der Waals surface area contributed by atoms with Crippen molar-refractivity contribution in [3.63, 3.8) is 0 Å². The van der Waals surface area contributed by atoms with Gasteiger partial charge in [-0.2, -0.15) is 0 Å². The van der Waals surface area contributed by atoms with Crippen LogP contribution in [0, 0.1) is 0 Å². The molecule has 0 N–H and O–H groups in total. The van der Waals surface area contributed by atoms with Crippen molar-refractivity contribution in [2.45, 2.75) is 24.0 Å². The highest BCUT2D eigenvalue weighted by atomic mass is 35.7. The third-order valence-corrected chi connectivity index (χ3v) is 6.14. The summed E-state index contributed by atoms with van der Waals surface area (Å²) in [5.74, 6) is 0. The molecule has 0 amide bonds. The molecule has 1 aromatic rings. The van der Waals surface area contributed by atoms with Crippen molar-refractivity contribution < 1.29 is 8.42 Å². The van der Waals surface area contributed by atoms with E-state index in [2.05, 4.69) is 0 Å². The predicted octanol–water partition coefficient (Wildman–Crippen LogP) is 3.64. The molecule has 1 aromatic carbocycles. The van der Waals surface area contributed by atoms with Gasteiger partial charge < -0.3 is 0 Å². The van der Waals surface area contributed by atoms with Gasteiger partial charge in [0.1, 0.15) is 0 Å². The van der Waals surface area contributed by atoms with Gasteiger partial charge in [0.05, 0.1) is 14.8 Å². The highest BCUT2D eigenvalue weighted by molar-refractivity contribution is 8.15. The van der Waals surface area contributed by atoms with Crippen molar-refractivity contribution >= 4 is 42.9 Å². The zero-order valence-electron chi connectivity index (χ0n) is 8.21. The minimum Gasteiger partial charge on any atom is -0.212 e. The molecule has 0 unspecified atom stereocenters. The normalized spacial score (nSPS) is 18.4. The molecule has 0 aliphatic heterocycles. The average Bonchev–Trinajstić information content (AvgIpc) is 2.91. The molecule has 0 atom stereocenters. The average molecular weight is 300 g/mol. The van der Waals surface area contributed by atoms with Crippen molar-refractivity contribution in [3.05, 3.63) is 33.8 Å². The van der Waals surface area contributed by atoms with Gasteiger partial charge in [-0.05, 0) is 37.0 Å². The Hall–Kier alpha value is 0.0400. The van der Waals surface area contributed by atoms with Crippen LogP contribution in [0.2, 0.25) is 10.0 Å². The molecule has 1 aliphatic rings. The molecule has 1 saturated carbocycles. The van der Waals surface area contributed by atoms with Crippen molar-refractivity contribution in [2.24, 2.45) is 0 Å². The predicted molar refractivity (Wildman–Crippen MR) is 66.9 cm³/mol. The van der Waals surface area contributed by atoms with Crippen LogP contribution in [0.4, 0.5) is 0 Å². The second-order valence-corrected chi connectivity index (χ2v) is 7.82. The minimum absolute atomic E-state index is 0.399. The van der Waals surface area contributed by atoms with Crippen molar-refractivity contribution in [3.8, 4) is 0 Å². The van der Waals surface area contributed by atoms with Gasteiger partial charge >= 0.3 is 0 Å². The van der Waals surface area contributed by atoms with E-state index in [1.807, 2.05) is 0 Å². The molecule has 6 heteroatoms. The molecular formula is C10H9Cl3O2S. The van der Waals surface area contributed by atoms with Crippen LogP contribution in [-0.4, -0.2) is 13.2 Å². The second kappa shape index (κ2) is 4.05. The van der Waals surface area contributed by atoms with E-state index in [0.717, 1.165) is 5.56 Å². The van der Waals surface area contributed by atoms with Gasteiger partial charge in [0.25, 0.3) is 0 Å². The lowest BCUT2D eigenvalue weighted by molar-refractivity contribution is 0.590. The first-order chi connectivity index (χ1) is 7.34. The Bertz CT molecular complexity index is 521. The van der Waals surface area contributed by atoms with Crippen LogP contribution in [0.5, 0.6) is 0 Å². The summed E-state index contributed by atoms with van der Waals surface area (Å²) in [6.07, 6.45) is 1.62. The van der Waals surface area contributed by atoms with Crippen LogP contribution in [0.1, 0.15) is 18.4 Å². The third-order valence-electron chi connectivity index (χ3n) is 2.84. The van der Waals surface area contributed by atoms with Crippen LogP contribution in [0.3, 0.4) is 0 Å². The fourth-order valence-corrected chi connectivity index (χ4v) is 3.54. The zero-order chi connectivity index (χ0) is 12.0. The summed E-state index contributed by atoms with van der Waals surface area (Å²) in [4.78, 5) is 0. The number of halogens is 3. The number of hydrogen-bond acceptors (Lipinski definition) is 2. The summed E-state index contributed by atoms with van der Waals surface area (Å²) >= 11 is 11.6. The first-order valence-corrected chi connectivity index (χ1v) is 7.79. The van der Waals surface area contributed by atoms with Crippen LogP contribution in [0.15, 0.2) is 18.2 Å². The van der Waals surface area contributed by atoms with Crippen LogP contribution < -0.4 is 0 Å². The van der Waals surface area contributed by atoms with Crippen LogP contribution in [0.25, 0.3) is 0 Å². The molecule has 0 bridgehead atoms. The minimum atomic E-state index is -3.52. The monoisotopic (exact) mass is 298 g/mol. The highest BCUT2D eigenvalue weighted by Gasteiger charge is 2.53. The molecule has 0 saturated heterocycles. The Morgan fingerprint density at radius 3 is 2.25 bits per heavy atom. The number of rotatable bonds is 3. The summed E-state index contributed by atoms with van der Waals surface area (Å²) in [6, 6.07) is 5.12. The van der Waals surface area contributed by atoms with Crippen molar-refractivity contribution in [1.29, 1.82) is 0 Å². The lowest BCUT2D eigenvalue weighted by Gasteiger charge is -2.11. The SMILES string of the molecule is O=S(=O)(Cl)C1(Cc2ccc(Cl)c(Cl)c2)CC1. The lowest BCUT2D eigenvalue weighted by Crippen LogP contribution is -2.20. The molecule has 1 aliphatic carbocycles. The molecule has 0 spiro atoms. The van der Waals surface area contributed by atoms with Crippen molar-refractivity contribution in [1.82, 2.24) is 0 Å². The van der Waals surface area contributed by atoms with Gasteiger partial charge in [0, 0.05) is 10.7 Å². The molecule has 88 valence electrons. The Balaban J connectivity index is 2.26. The first-order valence-electron chi connectivity index (χ1n) is 4.72. The number of benzene rings is 1. The summed E-state index contributed by atoms with van der Waals surface area (Å²) < 4.78 is 22.0. The highest BCUT2D eigenvalue weighted by Crippen LogP contribution is 2.48. The van der Waals surface area contributed by atoms with Gasteiger partial charge in [-0.1, -0.05) is 29.3 Å². The van der Waals surface area contributed by atoms with E-state index in [9.17, 15) is 8.42 Å². The van der Waals surface area contributed by atoms with E-state index < -0.39 is 13.8 Å². The van der Waals surface area contributed by atoms with E-state index in [4.69, 9.17) is 33.9 Å². The van der Waals surface area contributed by atoms with E-state index in [1.54, 1.807) is 18.2 Å². The zero-order valence-corrected chi connectivity index (χ0v) is 11.3. The van der Waals surface area contributed by atoms with E-state index in [1.165, 1.54) is 0 Å². The molecule has 0 radical (unpaired) electrons. The maximum atomic E-state index is 11.4. The van der Waals surface area contributed by atoms with E-state index in [-0.39, 0.29) is 0 Å². The van der Waals surface area contributed by atoms with Crippen LogP contribution >= 0.6 is 33.9 Å². The molecule has 0 heterocycles. The Labute approximate surface area is 109 Å².